The van der Waals surface area contributed by atoms with E-state index in [0.717, 1.165) is 12.1 Å². The van der Waals surface area contributed by atoms with Crippen LogP contribution in [-0.4, -0.2) is 24.2 Å². The quantitative estimate of drug-likeness (QED) is 0.859. The van der Waals surface area contributed by atoms with E-state index in [1.807, 2.05) is 20.8 Å². The van der Waals surface area contributed by atoms with E-state index in [1.165, 1.54) is 6.07 Å². The largest absolute Gasteiger partial charge is 0.378 e. The molecule has 1 fully saturated rings. The van der Waals surface area contributed by atoms with Crippen LogP contribution in [0.3, 0.4) is 0 Å². The number of amides is 1. The van der Waals surface area contributed by atoms with Gasteiger partial charge < -0.3 is 15.8 Å². The standard InChI is InChI=1S/C16H22F2N2O2.ClH/c1-4-22-13-8-16(19,15(13,2)3)14(21)20-9-10-5-6-11(17)7-12(10)18;/h5-7,13H,4,8-9,19H2,1-3H3,(H,20,21);1H. The van der Waals surface area contributed by atoms with E-state index in [-0.39, 0.29) is 36.5 Å². The molecule has 2 rings (SSSR count). The molecule has 0 spiro atoms. The summed E-state index contributed by atoms with van der Waals surface area (Å²) < 4.78 is 32.0. The van der Waals surface area contributed by atoms with Crippen LogP contribution < -0.4 is 11.1 Å². The summed E-state index contributed by atoms with van der Waals surface area (Å²) in [6.45, 7) is 6.19. The topological polar surface area (TPSA) is 64.3 Å². The lowest BCUT2D eigenvalue weighted by atomic mass is 9.54. The maximum absolute atomic E-state index is 13.6. The molecule has 3 N–H and O–H groups in total. The molecule has 0 bridgehead atoms. The first kappa shape index (κ1) is 19.8. The van der Waals surface area contributed by atoms with Crippen LogP contribution in [0, 0.1) is 17.0 Å². The second-order valence-electron chi connectivity index (χ2n) is 6.26. The van der Waals surface area contributed by atoms with E-state index in [9.17, 15) is 13.6 Å². The molecular weight excluding hydrogens is 326 g/mol. The summed E-state index contributed by atoms with van der Waals surface area (Å²) in [6.07, 6.45) is 0.349. The predicted molar refractivity (Wildman–Crippen MR) is 86.2 cm³/mol. The molecule has 0 radical (unpaired) electrons. The van der Waals surface area contributed by atoms with Gasteiger partial charge in [-0.05, 0) is 13.0 Å². The van der Waals surface area contributed by atoms with Crippen molar-refractivity contribution in [2.24, 2.45) is 11.1 Å². The number of nitrogens with one attached hydrogen (secondary N) is 1. The summed E-state index contributed by atoms with van der Waals surface area (Å²) in [6, 6.07) is 3.25. The van der Waals surface area contributed by atoms with Crippen LogP contribution in [-0.2, 0) is 16.1 Å². The Morgan fingerprint density at radius 1 is 1.43 bits per heavy atom. The fraction of sp³-hybridized carbons (Fsp3) is 0.562. The third-order valence-electron chi connectivity index (χ3n) is 4.69. The van der Waals surface area contributed by atoms with E-state index in [4.69, 9.17) is 10.5 Å². The molecule has 1 aromatic carbocycles. The molecule has 1 saturated carbocycles. The molecule has 2 atom stereocenters. The van der Waals surface area contributed by atoms with E-state index < -0.39 is 22.6 Å². The Balaban J connectivity index is 0.00000264. The van der Waals surface area contributed by atoms with Gasteiger partial charge in [-0.2, -0.15) is 0 Å². The van der Waals surface area contributed by atoms with Crippen LogP contribution in [0.5, 0.6) is 0 Å². The molecule has 1 aliphatic carbocycles. The van der Waals surface area contributed by atoms with Crippen LogP contribution in [0.25, 0.3) is 0 Å². The van der Waals surface area contributed by atoms with Crippen LogP contribution in [0.15, 0.2) is 18.2 Å². The average molecular weight is 349 g/mol. The summed E-state index contributed by atoms with van der Waals surface area (Å²) >= 11 is 0. The lowest BCUT2D eigenvalue weighted by molar-refractivity contribution is -0.170. The molecule has 0 aliphatic heterocycles. The maximum atomic E-state index is 13.6. The number of ether oxygens (including phenoxy) is 1. The van der Waals surface area contributed by atoms with Gasteiger partial charge in [0, 0.05) is 36.6 Å². The van der Waals surface area contributed by atoms with Crippen molar-refractivity contribution in [3.8, 4) is 0 Å². The number of carbonyl (C=O) groups is 1. The zero-order valence-corrected chi connectivity index (χ0v) is 14.3. The molecule has 1 aliphatic rings. The van der Waals surface area contributed by atoms with Gasteiger partial charge in [0.15, 0.2) is 0 Å². The molecule has 7 heteroatoms. The Morgan fingerprint density at radius 2 is 2.09 bits per heavy atom. The second-order valence-corrected chi connectivity index (χ2v) is 6.26. The fourth-order valence-corrected chi connectivity index (χ4v) is 2.82. The summed E-state index contributed by atoms with van der Waals surface area (Å²) in [5, 5.41) is 2.64. The number of nitrogens with two attached hydrogens (primary N) is 1. The van der Waals surface area contributed by atoms with Crippen molar-refractivity contribution in [3.05, 3.63) is 35.4 Å². The van der Waals surface area contributed by atoms with Gasteiger partial charge in [0.25, 0.3) is 0 Å². The average Bonchev–Trinajstić information content (AvgIpc) is 2.45. The molecule has 130 valence electrons. The highest BCUT2D eigenvalue weighted by Gasteiger charge is 2.62. The normalized spacial score (nSPS) is 25.2. The van der Waals surface area contributed by atoms with Gasteiger partial charge in [-0.1, -0.05) is 19.9 Å². The zero-order valence-electron chi connectivity index (χ0n) is 13.5. The van der Waals surface area contributed by atoms with Gasteiger partial charge >= 0.3 is 0 Å². The highest BCUT2D eigenvalue weighted by Crippen LogP contribution is 2.49. The van der Waals surface area contributed by atoms with Crippen molar-refractivity contribution < 1.29 is 18.3 Å². The second kappa shape index (κ2) is 7.11. The monoisotopic (exact) mass is 348 g/mol. The van der Waals surface area contributed by atoms with E-state index in [1.54, 1.807) is 0 Å². The molecule has 1 amide bonds. The molecular formula is C16H23ClF2N2O2. The molecule has 23 heavy (non-hydrogen) atoms. The lowest BCUT2D eigenvalue weighted by Gasteiger charge is -2.57. The van der Waals surface area contributed by atoms with Crippen molar-refractivity contribution in [2.45, 2.75) is 45.4 Å². The SMILES string of the molecule is CCOC1CC(N)(C(=O)NCc2ccc(F)cc2F)C1(C)C.Cl. The van der Waals surface area contributed by atoms with Crippen molar-refractivity contribution in [3.63, 3.8) is 0 Å². The minimum absolute atomic E-state index is 0. The molecule has 0 saturated heterocycles. The van der Waals surface area contributed by atoms with Gasteiger partial charge in [-0.3, -0.25) is 4.79 Å². The number of hydrogen-bond acceptors (Lipinski definition) is 3. The van der Waals surface area contributed by atoms with Gasteiger partial charge in [-0.25, -0.2) is 8.78 Å². The third kappa shape index (κ3) is 3.49. The Labute approximate surface area is 141 Å². The summed E-state index contributed by atoms with van der Waals surface area (Å²) in [7, 11) is 0. The molecule has 0 heterocycles. The van der Waals surface area contributed by atoms with Crippen molar-refractivity contribution in [2.75, 3.05) is 6.61 Å². The smallest absolute Gasteiger partial charge is 0.241 e. The first-order chi connectivity index (χ1) is 10.2. The minimum Gasteiger partial charge on any atom is -0.378 e. The predicted octanol–water partition coefficient (Wildman–Crippen LogP) is 2.54. The van der Waals surface area contributed by atoms with Crippen LogP contribution >= 0.6 is 12.4 Å². The Bertz CT molecular complexity index is 583. The molecule has 1 aromatic rings. The van der Waals surface area contributed by atoms with Gasteiger partial charge in [0.05, 0.1) is 6.10 Å². The molecule has 0 aromatic heterocycles. The number of carbonyl (C=O) groups excluding carboxylic acids is 1. The third-order valence-corrected chi connectivity index (χ3v) is 4.69. The highest BCUT2D eigenvalue weighted by atomic mass is 35.5. The number of halogens is 3. The van der Waals surface area contributed by atoms with E-state index in [2.05, 4.69) is 5.32 Å². The summed E-state index contributed by atoms with van der Waals surface area (Å²) in [4.78, 5) is 12.4. The van der Waals surface area contributed by atoms with Gasteiger partial charge in [-0.15, -0.1) is 12.4 Å². The zero-order chi connectivity index (χ0) is 16.5. The minimum atomic E-state index is -1.05. The van der Waals surface area contributed by atoms with E-state index in [0.29, 0.717) is 13.0 Å². The summed E-state index contributed by atoms with van der Waals surface area (Å²) in [5.41, 5.74) is 4.89. The molecule has 4 nitrogen and oxygen atoms in total. The highest BCUT2D eigenvalue weighted by molar-refractivity contribution is 5.88. The molecule has 2 unspecified atom stereocenters. The van der Waals surface area contributed by atoms with E-state index >= 15 is 0 Å². The lowest BCUT2D eigenvalue weighted by Crippen LogP contribution is -2.75. The van der Waals surface area contributed by atoms with Crippen molar-refractivity contribution >= 4 is 18.3 Å². The maximum Gasteiger partial charge on any atom is 0.241 e. The fourth-order valence-electron chi connectivity index (χ4n) is 2.82. The Hall–Kier alpha value is -1.24. The number of hydrogen-bond donors (Lipinski definition) is 2. The first-order valence-corrected chi connectivity index (χ1v) is 7.35. The first-order valence-electron chi connectivity index (χ1n) is 7.35. The van der Waals surface area contributed by atoms with Gasteiger partial charge in [0.1, 0.15) is 17.2 Å². The van der Waals surface area contributed by atoms with Crippen molar-refractivity contribution in [1.29, 1.82) is 0 Å². The number of rotatable bonds is 5. The number of benzene rings is 1. The summed E-state index contributed by atoms with van der Waals surface area (Å²) in [5.74, 6) is -1.69. The van der Waals surface area contributed by atoms with Crippen LogP contribution in [0.4, 0.5) is 8.78 Å². The van der Waals surface area contributed by atoms with Gasteiger partial charge in [0.2, 0.25) is 5.91 Å². The Morgan fingerprint density at radius 3 is 2.61 bits per heavy atom. The Kier molecular flexibility index (Phi) is 6.12. The van der Waals surface area contributed by atoms with Crippen LogP contribution in [0.1, 0.15) is 32.8 Å². The van der Waals surface area contributed by atoms with Crippen molar-refractivity contribution in [1.82, 2.24) is 5.32 Å². The van der Waals surface area contributed by atoms with Crippen LogP contribution in [0.2, 0.25) is 0 Å².